The zero-order chi connectivity index (χ0) is 20.4. The van der Waals surface area contributed by atoms with Crippen LogP contribution in [0.15, 0.2) is 18.2 Å². The van der Waals surface area contributed by atoms with E-state index in [1.165, 1.54) is 35.7 Å². The third kappa shape index (κ3) is 3.87. The predicted molar refractivity (Wildman–Crippen MR) is 107 cm³/mol. The van der Waals surface area contributed by atoms with Crippen molar-refractivity contribution >= 4 is 34.8 Å². The summed E-state index contributed by atoms with van der Waals surface area (Å²) in [4.78, 5) is 27.1. The Balaban J connectivity index is 0.000000163. The summed E-state index contributed by atoms with van der Waals surface area (Å²) in [6.45, 7) is 1.11. The Morgan fingerprint density at radius 1 is 1.29 bits per heavy atom. The fourth-order valence-electron chi connectivity index (χ4n) is 3.59. The van der Waals surface area contributed by atoms with Crippen molar-refractivity contribution in [3.8, 4) is 0 Å². The van der Waals surface area contributed by atoms with E-state index in [0.717, 1.165) is 49.4 Å². The molecule has 1 aliphatic heterocycles. The summed E-state index contributed by atoms with van der Waals surface area (Å²) in [6.07, 6.45) is 5.77. The quantitative estimate of drug-likeness (QED) is 0.580. The molecule has 0 saturated heterocycles. The molecule has 2 aromatic rings. The van der Waals surface area contributed by atoms with Crippen molar-refractivity contribution < 1.29 is 14.8 Å². The first-order valence-electron chi connectivity index (χ1n) is 8.98. The summed E-state index contributed by atoms with van der Waals surface area (Å²) in [6, 6.07) is 3.25. The first-order valence-corrected chi connectivity index (χ1v) is 9.36. The number of aryl methyl sites for hydroxylation is 1. The molecule has 3 N–H and O–H groups in total. The van der Waals surface area contributed by atoms with Crippen molar-refractivity contribution in [2.45, 2.75) is 32.1 Å². The number of nitro benzene ring substituents is 1. The first kappa shape index (κ1) is 19.9. The van der Waals surface area contributed by atoms with Gasteiger partial charge in [0.2, 0.25) is 0 Å². The average molecular weight is 405 g/mol. The highest BCUT2D eigenvalue weighted by Crippen LogP contribution is 2.36. The zero-order valence-corrected chi connectivity index (χ0v) is 16.2. The second-order valence-corrected chi connectivity index (χ2v) is 7.27. The summed E-state index contributed by atoms with van der Waals surface area (Å²) in [7, 11) is 2.12. The number of carbonyl (C=O) groups is 1. The summed E-state index contributed by atoms with van der Waals surface area (Å²) in [5.41, 5.74) is 10.6. The van der Waals surface area contributed by atoms with Gasteiger partial charge < -0.3 is 15.7 Å². The fourth-order valence-corrected chi connectivity index (χ4v) is 3.79. The number of carboxylic acids is 1. The standard InChI is InChI=1S/C12H17N3.C7H4ClNO4/c1-15-7-3-5-9-11(13)8-4-2-6-10(8)14-12(9)15;8-6-2-1-4(9(12)13)3-5(6)7(10)11/h2-7H2,1H3,(H2,13,14);1-3H,(H,10,11). The molecule has 0 bridgehead atoms. The minimum atomic E-state index is -1.28. The Hall–Kier alpha value is -2.87. The van der Waals surface area contributed by atoms with Gasteiger partial charge in [0.15, 0.2) is 0 Å². The van der Waals surface area contributed by atoms with Crippen LogP contribution in [-0.4, -0.2) is 34.6 Å². The van der Waals surface area contributed by atoms with E-state index < -0.39 is 10.9 Å². The van der Waals surface area contributed by atoms with Gasteiger partial charge in [0, 0.05) is 42.7 Å². The monoisotopic (exact) mass is 404 g/mol. The number of fused-ring (bicyclic) bond motifs is 2. The number of anilines is 2. The van der Waals surface area contributed by atoms with Crippen molar-refractivity contribution in [2.75, 3.05) is 24.2 Å². The van der Waals surface area contributed by atoms with Crippen LogP contribution < -0.4 is 10.6 Å². The Bertz CT molecular complexity index is 948. The highest BCUT2D eigenvalue weighted by atomic mass is 35.5. The van der Waals surface area contributed by atoms with Gasteiger partial charge in [-0.05, 0) is 43.7 Å². The number of non-ortho nitro benzene ring substituents is 1. The molecule has 0 saturated carbocycles. The summed E-state index contributed by atoms with van der Waals surface area (Å²) in [5, 5.41) is 18.8. The predicted octanol–water partition coefficient (Wildman–Crippen LogP) is 3.48. The SMILES string of the molecule is CN1CCCc2c1nc1c(c2N)CCC1.O=C(O)c1cc([N+](=O)[O-])ccc1Cl. The Morgan fingerprint density at radius 2 is 2.00 bits per heavy atom. The van der Waals surface area contributed by atoms with Crippen molar-refractivity contribution in [1.29, 1.82) is 0 Å². The van der Waals surface area contributed by atoms with E-state index in [9.17, 15) is 14.9 Å². The summed E-state index contributed by atoms with van der Waals surface area (Å²) < 4.78 is 0. The number of hydrogen-bond acceptors (Lipinski definition) is 6. The molecule has 0 atom stereocenters. The second-order valence-electron chi connectivity index (χ2n) is 6.86. The minimum Gasteiger partial charge on any atom is -0.478 e. The summed E-state index contributed by atoms with van der Waals surface area (Å²) in [5.74, 6) is -0.145. The number of nitrogens with zero attached hydrogens (tertiary/aromatic N) is 3. The molecule has 0 unspecified atom stereocenters. The number of pyridine rings is 1. The van der Waals surface area contributed by atoms with Crippen LogP contribution in [-0.2, 0) is 19.3 Å². The van der Waals surface area contributed by atoms with Crippen LogP contribution in [0.5, 0.6) is 0 Å². The molecule has 1 aromatic heterocycles. The molecule has 2 aliphatic rings. The number of benzene rings is 1. The number of aromatic carboxylic acids is 1. The van der Waals surface area contributed by atoms with Gasteiger partial charge >= 0.3 is 5.97 Å². The molecule has 0 fully saturated rings. The van der Waals surface area contributed by atoms with Crippen LogP contribution in [0.4, 0.5) is 17.2 Å². The normalized spacial score (nSPS) is 14.6. The van der Waals surface area contributed by atoms with Crippen LogP contribution in [0.25, 0.3) is 0 Å². The zero-order valence-electron chi connectivity index (χ0n) is 15.4. The van der Waals surface area contributed by atoms with Crippen LogP contribution in [0.1, 0.15) is 40.0 Å². The van der Waals surface area contributed by atoms with Gasteiger partial charge in [-0.2, -0.15) is 0 Å². The van der Waals surface area contributed by atoms with E-state index in [-0.39, 0.29) is 16.3 Å². The van der Waals surface area contributed by atoms with Gasteiger partial charge in [-0.25, -0.2) is 9.78 Å². The van der Waals surface area contributed by atoms with Crippen molar-refractivity contribution in [1.82, 2.24) is 4.98 Å². The topological polar surface area (TPSA) is 123 Å². The minimum absolute atomic E-state index is 0.0156. The lowest BCUT2D eigenvalue weighted by Gasteiger charge is -2.28. The van der Waals surface area contributed by atoms with E-state index in [1.807, 2.05) is 0 Å². The van der Waals surface area contributed by atoms with Gasteiger partial charge in [-0.15, -0.1) is 0 Å². The van der Waals surface area contributed by atoms with E-state index in [2.05, 4.69) is 11.9 Å². The first-order chi connectivity index (χ1) is 13.3. The van der Waals surface area contributed by atoms with Gasteiger partial charge in [0.1, 0.15) is 5.82 Å². The molecule has 0 amide bonds. The Morgan fingerprint density at radius 3 is 2.68 bits per heavy atom. The number of hydrogen-bond donors (Lipinski definition) is 2. The lowest BCUT2D eigenvalue weighted by molar-refractivity contribution is -0.384. The molecule has 1 aromatic carbocycles. The van der Waals surface area contributed by atoms with E-state index >= 15 is 0 Å². The van der Waals surface area contributed by atoms with Gasteiger partial charge in [-0.1, -0.05) is 11.6 Å². The smallest absolute Gasteiger partial charge is 0.337 e. The second kappa shape index (κ2) is 8.02. The molecular formula is C19H21ClN4O4. The maximum absolute atomic E-state index is 10.5. The highest BCUT2D eigenvalue weighted by molar-refractivity contribution is 6.33. The molecule has 148 valence electrons. The maximum Gasteiger partial charge on any atom is 0.337 e. The molecule has 2 heterocycles. The van der Waals surface area contributed by atoms with Crippen LogP contribution in [0, 0.1) is 10.1 Å². The van der Waals surface area contributed by atoms with Gasteiger partial charge in [0.05, 0.1) is 15.5 Å². The number of rotatable bonds is 2. The number of nitrogens with two attached hydrogens (primary N) is 1. The number of nitro groups is 1. The fraction of sp³-hybridized carbons (Fsp3) is 0.368. The van der Waals surface area contributed by atoms with Gasteiger partial charge in [0.25, 0.3) is 5.69 Å². The van der Waals surface area contributed by atoms with E-state index in [0.29, 0.717) is 0 Å². The number of aromatic nitrogens is 1. The largest absolute Gasteiger partial charge is 0.478 e. The highest BCUT2D eigenvalue weighted by Gasteiger charge is 2.24. The Kier molecular flexibility index (Phi) is 5.69. The molecule has 0 spiro atoms. The summed E-state index contributed by atoms with van der Waals surface area (Å²) >= 11 is 5.49. The third-order valence-electron chi connectivity index (χ3n) is 5.02. The van der Waals surface area contributed by atoms with Crippen molar-refractivity contribution in [2.24, 2.45) is 0 Å². The molecule has 4 rings (SSSR count). The van der Waals surface area contributed by atoms with Crippen molar-refractivity contribution in [3.05, 3.63) is 55.7 Å². The number of halogens is 1. The molecular weight excluding hydrogens is 384 g/mol. The maximum atomic E-state index is 10.5. The molecule has 0 radical (unpaired) electrons. The number of nitrogen functional groups attached to an aromatic ring is 1. The van der Waals surface area contributed by atoms with Crippen molar-refractivity contribution in [3.63, 3.8) is 0 Å². The van der Waals surface area contributed by atoms with Gasteiger partial charge in [-0.3, -0.25) is 10.1 Å². The lowest BCUT2D eigenvalue weighted by atomic mass is 10.00. The average Bonchev–Trinajstić information content (AvgIpc) is 3.12. The molecule has 8 nitrogen and oxygen atoms in total. The molecule has 9 heteroatoms. The molecule has 1 aliphatic carbocycles. The Labute approximate surface area is 167 Å². The van der Waals surface area contributed by atoms with Crippen LogP contribution >= 0.6 is 11.6 Å². The molecule has 28 heavy (non-hydrogen) atoms. The van der Waals surface area contributed by atoms with E-state index in [1.54, 1.807) is 0 Å². The van der Waals surface area contributed by atoms with E-state index in [4.69, 9.17) is 27.4 Å². The third-order valence-corrected chi connectivity index (χ3v) is 5.35. The van der Waals surface area contributed by atoms with Crippen LogP contribution in [0.2, 0.25) is 5.02 Å². The number of carboxylic acid groups (broad SMARTS) is 1. The lowest BCUT2D eigenvalue weighted by Crippen LogP contribution is -2.27. The van der Waals surface area contributed by atoms with Crippen LogP contribution in [0.3, 0.4) is 0 Å².